The van der Waals surface area contributed by atoms with E-state index in [2.05, 4.69) is 19.8 Å². The first-order valence-electron chi connectivity index (χ1n) is 11.2. The van der Waals surface area contributed by atoms with Crippen LogP contribution in [0.4, 0.5) is 5.82 Å². The summed E-state index contributed by atoms with van der Waals surface area (Å²) in [6, 6.07) is 13.1. The third-order valence-corrected chi connectivity index (χ3v) is 7.27. The highest BCUT2D eigenvalue weighted by atomic mass is 35.5. The largest absolute Gasteiger partial charge is 0.352 e. The number of benzene rings is 2. The van der Waals surface area contributed by atoms with Crippen molar-refractivity contribution in [2.24, 2.45) is 5.73 Å². The van der Waals surface area contributed by atoms with Crippen molar-refractivity contribution < 1.29 is 4.79 Å². The van der Waals surface area contributed by atoms with Crippen LogP contribution in [0.2, 0.25) is 10.0 Å². The van der Waals surface area contributed by atoms with E-state index in [4.69, 9.17) is 28.9 Å². The number of fused-ring (bicyclic) bond motifs is 1. The molecule has 0 radical (unpaired) electrons. The predicted octanol–water partition coefficient (Wildman–Crippen LogP) is 3.36. The lowest BCUT2D eigenvalue weighted by molar-refractivity contribution is -0.137. The molecular weight excluding hydrogens is 459 g/mol. The Hall–Kier alpha value is -2.45. The van der Waals surface area contributed by atoms with E-state index in [0.29, 0.717) is 42.8 Å². The molecule has 3 aromatic rings. The number of hydrogen-bond donors (Lipinski definition) is 1. The van der Waals surface area contributed by atoms with Crippen molar-refractivity contribution >= 4 is 45.8 Å². The zero-order chi connectivity index (χ0) is 22.9. The highest BCUT2D eigenvalue weighted by Crippen LogP contribution is 2.32. The van der Waals surface area contributed by atoms with E-state index in [1.165, 1.54) is 0 Å². The Kier molecular flexibility index (Phi) is 6.38. The summed E-state index contributed by atoms with van der Waals surface area (Å²) < 4.78 is 0. The van der Waals surface area contributed by atoms with Gasteiger partial charge in [-0.15, -0.1) is 0 Å². The summed E-state index contributed by atoms with van der Waals surface area (Å²) in [5, 5.41) is 1.96. The molecule has 7 nitrogen and oxygen atoms in total. The van der Waals surface area contributed by atoms with Gasteiger partial charge in [0.05, 0.1) is 15.6 Å². The number of aromatic nitrogens is 2. The molecule has 0 saturated carbocycles. The van der Waals surface area contributed by atoms with Crippen LogP contribution < -0.4 is 10.6 Å². The van der Waals surface area contributed by atoms with Crippen molar-refractivity contribution in [1.29, 1.82) is 0 Å². The number of amides is 1. The highest BCUT2D eigenvalue weighted by Gasteiger charge is 2.36. The zero-order valence-electron chi connectivity index (χ0n) is 18.2. The maximum Gasteiger partial charge on any atom is 0.244 e. The summed E-state index contributed by atoms with van der Waals surface area (Å²) in [7, 11) is 0. The third-order valence-electron chi connectivity index (χ3n) is 6.53. The third kappa shape index (κ3) is 4.51. The predicted molar refractivity (Wildman–Crippen MR) is 132 cm³/mol. The summed E-state index contributed by atoms with van der Waals surface area (Å²) in [6.07, 6.45) is 2.48. The van der Waals surface area contributed by atoms with Crippen molar-refractivity contribution in [2.75, 3.05) is 44.2 Å². The van der Waals surface area contributed by atoms with Gasteiger partial charge in [-0.05, 0) is 36.2 Å². The first kappa shape index (κ1) is 22.3. The van der Waals surface area contributed by atoms with E-state index in [1.54, 1.807) is 18.5 Å². The second-order valence-electron chi connectivity index (χ2n) is 8.65. The first-order valence-corrected chi connectivity index (χ1v) is 11.9. The molecular formula is C24H26Cl2N6O. The van der Waals surface area contributed by atoms with Crippen molar-refractivity contribution in [2.45, 2.75) is 18.5 Å². The number of rotatable bonds is 4. The van der Waals surface area contributed by atoms with Crippen molar-refractivity contribution in [3.8, 4) is 0 Å². The topological polar surface area (TPSA) is 78.6 Å². The SMILES string of the molecule is NC1CCN([C@@H](C(=O)N2CCN(c3ncnc4ccccc34)CC2)c2ccc(Cl)c(Cl)c2)C1. The molecule has 1 amide bonds. The normalized spacial score (nSPS) is 20.4. The fourth-order valence-electron chi connectivity index (χ4n) is 4.80. The number of likely N-dealkylation sites (tertiary alicyclic amines) is 1. The molecule has 2 saturated heterocycles. The summed E-state index contributed by atoms with van der Waals surface area (Å²) in [6.45, 7) is 4.12. The monoisotopic (exact) mass is 484 g/mol. The van der Waals surface area contributed by atoms with Gasteiger partial charge in [-0.1, -0.05) is 41.4 Å². The van der Waals surface area contributed by atoms with E-state index in [0.717, 1.165) is 35.2 Å². The molecule has 9 heteroatoms. The van der Waals surface area contributed by atoms with Gasteiger partial charge in [-0.3, -0.25) is 9.69 Å². The number of carbonyl (C=O) groups excluding carboxylic acids is 1. The summed E-state index contributed by atoms with van der Waals surface area (Å²) in [4.78, 5) is 29.0. The minimum absolute atomic E-state index is 0.0750. The van der Waals surface area contributed by atoms with Crippen molar-refractivity contribution in [3.63, 3.8) is 0 Å². The standard InChI is InChI=1S/C24H26Cl2N6O/c25-19-6-5-16(13-20(19)26)22(32-8-7-17(27)14-32)24(33)31-11-9-30(10-12-31)23-18-3-1-2-4-21(18)28-15-29-23/h1-6,13,15,17,22H,7-12,14,27H2/t17?,22-/m1/s1. The maximum absolute atomic E-state index is 13.8. The number of nitrogens with zero attached hydrogens (tertiary/aromatic N) is 5. The molecule has 2 atom stereocenters. The van der Waals surface area contributed by atoms with Gasteiger partial charge in [0.25, 0.3) is 0 Å². The van der Waals surface area contributed by atoms with Gasteiger partial charge in [-0.2, -0.15) is 0 Å². The number of carbonyl (C=O) groups is 1. The Balaban J connectivity index is 1.35. The van der Waals surface area contributed by atoms with E-state index in [1.807, 2.05) is 35.2 Å². The van der Waals surface area contributed by atoms with Crippen LogP contribution in [0, 0.1) is 0 Å². The van der Waals surface area contributed by atoms with Crippen LogP contribution >= 0.6 is 23.2 Å². The maximum atomic E-state index is 13.8. The molecule has 33 heavy (non-hydrogen) atoms. The molecule has 2 aliphatic heterocycles. The van der Waals surface area contributed by atoms with Crippen molar-refractivity contribution in [3.05, 3.63) is 64.4 Å². The number of para-hydroxylation sites is 1. The Morgan fingerprint density at radius 3 is 2.52 bits per heavy atom. The number of nitrogens with two attached hydrogens (primary N) is 1. The summed E-state index contributed by atoms with van der Waals surface area (Å²) >= 11 is 12.4. The zero-order valence-corrected chi connectivity index (χ0v) is 19.7. The lowest BCUT2D eigenvalue weighted by atomic mass is 10.0. The molecule has 0 bridgehead atoms. The minimum atomic E-state index is -0.417. The Labute approximate surface area is 203 Å². The number of anilines is 1. The molecule has 172 valence electrons. The molecule has 1 aromatic heterocycles. The Bertz CT molecular complexity index is 1160. The van der Waals surface area contributed by atoms with Crippen LogP contribution in [0.25, 0.3) is 10.9 Å². The van der Waals surface area contributed by atoms with E-state index in [9.17, 15) is 4.79 Å². The van der Waals surface area contributed by atoms with Gasteiger partial charge in [0.2, 0.25) is 5.91 Å². The molecule has 2 fully saturated rings. The molecule has 2 N–H and O–H groups in total. The minimum Gasteiger partial charge on any atom is -0.352 e. The number of hydrogen-bond acceptors (Lipinski definition) is 6. The molecule has 0 spiro atoms. The second-order valence-corrected chi connectivity index (χ2v) is 9.46. The fourth-order valence-corrected chi connectivity index (χ4v) is 5.10. The lowest BCUT2D eigenvalue weighted by Crippen LogP contribution is -2.52. The quantitative estimate of drug-likeness (QED) is 0.611. The van der Waals surface area contributed by atoms with Crippen LogP contribution in [-0.4, -0.2) is 71.0 Å². The van der Waals surface area contributed by atoms with E-state index in [-0.39, 0.29) is 11.9 Å². The number of piperazine rings is 1. The van der Waals surface area contributed by atoms with Gasteiger partial charge in [0.1, 0.15) is 18.2 Å². The second kappa shape index (κ2) is 9.43. The van der Waals surface area contributed by atoms with Crippen LogP contribution in [0.3, 0.4) is 0 Å². The molecule has 3 heterocycles. The Morgan fingerprint density at radius 1 is 1.00 bits per heavy atom. The first-order chi connectivity index (χ1) is 16.0. The van der Waals surface area contributed by atoms with E-state index < -0.39 is 6.04 Å². The van der Waals surface area contributed by atoms with Gasteiger partial charge in [-0.25, -0.2) is 9.97 Å². The van der Waals surface area contributed by atoms with E-state index >= 15 is 0 Å². The van der Waals surface area contributed by atoms with Gasteiger partial charge < -0.3 is 15.5 Å². The average Bonchev–Trinajstić information content (AvgIpc) is 3.26. The number of halogens is 2. The highest BCUT2D eigenvalue weighted by molar-refractivity contribution is 6.42. The molecule has 2 aliphatic rings. The fraction of sp³-hybridized carbons (Fsp3) is 0.375. The molecule has 0 aliphatic carbocycles. The summed E-state index contributed by atoms with van der Waals surface area (Å²) in [5.74, 6) is 0.994. The molecule has 1 unspecified atom stereocenters. The van der Waals surface area contributed by atoms with Crippen molar-refractivity contribution in [1.82, 2.24) is 19.8 Å². The Morgan fingerprint density at radius 2 is 1.79 bits per heavy atom. The van der Waals surface area contributed by atoms with Crippen LogP contribution in [0.1, 0.15) is 18.0 Å². The molecule has 5 rings (SSSR count). The van der Waals surface area contributed by atoms with Gasteiger partial charge in [0, 0.05) is 50.7 Å². The van der Waals surface area contributed by atoms with Gasteiger partial charge >= 0.3 is 0 Å². The lowest BCUT2D eigenvalue weighted by Gasteiger charge is -2.39. The average molecular weight is 485 g/mol. The van der Waals surface area contributed by atoms with Crippen LogP contribution in [-0.2, 0) is 4.79 Å². The summed E-state index contributed by atoms with van der Waals surface area (Å²) in [5.41, 5.74) is 7.95. The smallest absolute Gasteiger partial charge is 0.244 e. The van der Waals surface area contributed by atoms with Gasteiger partial charge in [0.15, 0.2) is 0 Å². The van der Waals surface area contributed by atoms with Crippen LogP contribution in [0.5, 0.6) is 0 Å². The molecule has 2 aromatic carbocycles. The van der Waals surface area contributed by atoms with Crippen LogP contribution in [0.15, 0.2) is 48.8 Å².